The van der Waals surface area contributed by atoms with Crippen LogP contribution in [0.25, 0.3) is 0 Å². The van der Waals surface area contributed by atoms with Gasteiger partial charge in [0.2, 0.25) is 0 Å². The Bertz CT molecular complexity index is 223. The van der Waals surface area contributed by atoms with Crippen LogP contribution in [0.4, 0.5) is 0 Å². The summed E-state index contributed by atoms with van der Waals surface area (Å²) in [6.45, 7) is 3.63. The van der Waals surface area contributed by atoms with E-state index in [-0.39, 0.29) is 6.04 Å². The van der Waals surface area contributed by atoms with Crippen LogP contribution >= 0.6 is 36.2 Å². The Balaban J connectivity index is 2.12. The number of hydrogen-bond donors (Lipinski definition) is 2. The molecule has 74 valence electrons. The van der Waals surface area contributed by atoms with E-state index >= 15 is 0 Å². The SMILES string of the molecule is C=C(O)[C@H]1CS[C@@H]2CS[C@@H](CS)N12. The van der Waals surface area contributed by atoms with E-state index in [9.17, 15) is 5.11 Å². The van der Waals surface area contributed by atoms with Crippen LogP contribution in [-0.2, 0) is 0 Å². The molecule has 0 spiro atoms. The summed E-state index contributed by atoms with van der Waals surface area (Å²) in [5, 5.41) is 10.5. The quantitative estimate of drug-likeness (QED) is 0.563. The molecule has 3 atom stereocenters. The Labute approximate surface area is 92.5 Å². The second kappa shape index (κ2) is 3.96. The Kier molecular flexibility index (Phi) is 3.07. The van der Waals surface area contributed by atoms with Gasteiger partial charge >= 0.3 is 0 Å². The summed E-state index contributed by atoms with van der Waals surface area (Å²) in [5.41, 5.74) is 0. The minimum atomic E-state index is 0.155. The van der Waals surface area contributed by atoms with Crippen molar-refractivity contribution in [2.45, 2.75) is 16.8 Å². The zero-order valence-electron chi connectivity index (χ0n) is 7.22. The monoisotopic (exact) mass is 235 g/mol. The predicted octanol–water partition coefficient (Wildman–Crippen LogP) is 1.80. The van der Waals surface area contributed by atoms with Crippen LogP contribution in [0.2, 0.25) is 0 Å². The van der Waals surface area contributed by atoms with Gasteiger partial charge in [0, 0.05) is 17.3 Å². The number of thioether (sulfide) groups is 2. The van der Waals surface area contributed by atoms with Gasteiger partial charge in [-0.05, 0) is 0 Å². The van der Waals surface area contributed by atoms with Crippen molar-refractivity contribution < 1.29 is 5.11 Å². The van der Waals surface area contributed by atoms with E-state index in [0.717, 1.165) is 17.3 Å². The number of thiol groups is 1. The lowest BCUT2D eigenvalue weighted by Gasteiger charge is -2.26. The maximum atomic E-state index is 9.43. The zero-order chi connectivity index (χ0) is 9.42. The highest BCUT2D eigenvalue weighted by molar-refractivity contribution is 8.04. The second-order valence-electron chi connectivity index (χ2n) is 3.21. The Morgan fingerprint density at radius 1 is 1.54 bits per heavy atom. The average molecular weight is 235 g/mol. The Hall–Kier alpha value is 0.550. The van der Waals surface area contributed by atoms with Gasteiger partial charge in [-0.3, -0.25) is 4.90 Å². The highest BCUT2D eigenvalue weighted by Crippen LogP contribution is 2.43. The van der Waals surface area contributed by atoms with Crippen LogP contribution in [-0.4, -0.2) is 44.1 Å². The number of rotatable bonds is 2. The fraction of sp³-hybridized carbons (Fsp3) is 0.750. The van der Waals surface area contributed by atoms with E-state index in [2.05, 4.69) is 24.1 Å². The van der Waals surface area contributed by atoms with Gasteiger partial charge in [0.15, 0.2) is 0 Å². The van der Waals surface area contributed by atoms with Crippen molar-refractivity contribution in [2.24, 2.45) is 0 Å². The van der Waals surface area contributed by atoms with E-state index < -0.39 is 0 Å². The molecule has 13 heavy (non-hydrogen) atoms. The predicted molar refractivity (Wildman–Crippen MR) is 63.7 cm³/mol. The largest absolute Gasteiger partial charge is 0.511 e. The van der Waals surface area contributed by atoms with Crippen LogP contribution in [0.5, 0.6) is 0 Å². The Morgan fingerprint density at radius 3 is 2.92 bits per heavy atom. The number of aliphatic hydroxyl groups is 1. The molecule has 0 radical (unpaired) electrons. The highest BCUT2D eigenvalue weighted by atomic mass is 32.2. The lowest BCUT2D eigenvalue weighted by molar-refractivity contribution is 0.206. The van der Waals surface area contributed by atoms with Crippen LogP contribution in [0.15, 0.2) is 12.3 Å². The fourth-order valence-corrected chi connectivity index (χ4v) is 5.36. The smallest absolute Gasteiger partial charge is 0.103 e. The van der Waals surface area contributed by atoms with Gasteiger partial charge in [0.1, 0.15) is 5.76 Å². The van der Waals surface area contributed by atoms with Crippen molar-refractivity contribution in [1.82, 2.24) is 4.90 Å². The molecule has 2 nitrogen and oxygen atoms in total. The molecule has 0 amide bonds. The van der Waals surface area contributed by atoms with Crippen molar-refractivity contribution in [1.29, 1.82) is 0 Å². The summed E-state index contributed by atoms with van der Waals surface area (Å²) in [6, 6.07) is 0.155. The molecule has 2 aliphatic heterocycles. The molecule has 2 heterocycles. The van der Waals surface area contributed by atoms with Crippen molar-refractivity contribution in [2.75, 3.05) is 17.3 Å². The van der Waals surface area contributed by atoms with Gasteiger partial charge in [-0.2, -0.15) is 12.6 Å². The molecule has 2 saturated heterocycles. The lowest BCUT2D eigenvalue weighted by Crippen LogP contribution is -2.40. The molecule has 0 aromatic carbocycles. The first kappa shape index (κ1) is 10.1. The van der Waals surface area contributed by atoms with E-state index in [1.807, 2.05) is 23.5 Å². The number of fused-ring (bicyclic) bond motifs is 1. The topological polar surface area (TPSA) is 23.5 Å². The van der Waals surface area contributed by atoms with Crippen molar-refractivity contribution in [3.8, 4) is 0 Å². The molecule has 1 N–H and O–H groups in total. The molecule has 5 heteroatoms. The van der Waals surface area contributed by atoms with Crippen LogP contribution in [0, 0.1) is 0 Å². The van der Waals surface area contributed by atoms with E-state index in [4.69, 9.17) is 0 Å². The minimum absolute atomic E-state index is 0.155. The first-order valence-corrected chi connectivity index (χ1v) is 6.96. The number of aliphatic hydroxyl groups excluding tert-OH is 1. The summed E-state index contributed by atoms with van der Waals surface area (Å²) in [6.07, 6.45) is 0. The standard InChI is InChI=1S/C8H13NOS3/c1-5(10)6-3-12-8-4-13-7(2-11)9(6)8/h6-8,10-11H,1-4H2/t6-,7+,8-/m1/s1. The molecule has 2 aliphatic rings. The molecule has 0 unspecified atom stereocenters. The first-order chi connectivity index (χ1) is 6.24. The van der Waals surface area contributed by atoms with Gasteiger partial charge in [0.25, 0.3) is 0 Å². The fourth-order valence-electron chi connectivity index (χ4n) is 1.79. The molecule has 0 aromatic heterocycles. The average Bonchev–Trinajstić information content (AvgIpc) is 2.61. The molecule has 0 bridgehead atoms. The lowest BCUT2D eigenvalue weighted by atomic mass is 10.2. The summed E-state index contributed by atoms with van der Waals surface area (Å²) in [5.74, 6) is 3.29. The maximum Gasteiger partial charge on any atom is 0.103 e. The number of nitrogens with zero attached hydrogens (tertiary/aromatic N) is 1. The Morgan fingerprint density at radius 2 is 2.31 bits per heavy atom. The third-order valence-electron chi connectivity index (χ3n) is 2.44. The highest BCUT2D eigenvalue weighted by Gasteiger charge is 2.44. The zero-order valence-corrected chi connectivity index (χ0v) is 9.75. The van der Waals surface area contributed by atoms with E-state index in [0.29, 0.717) is 16.5 Å². The molecule has 0 aromatic rings. The van der Waals surface area contributed by atoms with E-state index in [1.54, 1.807) is 0 Å². The third kappa shape index (κ3) is 1.71. The van der Waals surface area contributed by atoms with Crippen LogP contribution in [0.3, 0.4) is 0 Å². The minimum Gasteiger partial charge on any atom is -0.511 e. The van der Waals surface area contributed by atoms with Gasteiger partial charge in [-0.1, -0.05) is 6.58 Å². The van der Waals surface area contributed by atoms with Gasteiger partial charge in [-0.25, -0.2) is 0 Å². The maximum absolute atomic E-state index is 9.43. The molecule has 2 rings (SSSR count). The normalized spacial score (nSPS) is 39.3. The van der Waals surface area contributed by atoms with Gasteiger partial charge < -0.3 is 5.11 Å². The third-order valence-corrected chi connectivity index (χ3v) is 5.85. The molecule has 0 saturated carbocycles. The number of hydrogen-bond acceptors (Lipinski definition) is 5. The summed E-state index contributed by atoms with van der Waals surface area (Å²) >= 11 is 8.17. The van der Waals surface area contributed by atoms with Gasteiger partial charge in [0.05, 0.1) is 16.8 Å². The van der Waals surface area contributed by atoms with Gasteiger partial charge in [-0.15, -0.1) is 23.5 Å². The molecule has 2 fully saturated rings. The first-order valence-electron chi connectivity index (χ1n) is 4.23. The van der Waals surface area contributed by atoms with Crippen LogP contribution < -0.4 is 0 Å². The van der Waals surface area contributed by atoms with Crippen molar-refractivity contribution in [3.05, 3.63) is 12.3 Å². The molecular formula is C8H13NOS3. The summed E-state index contributed by atoms with van der Waals surface area (Å²) < 4.78 is 0. The van der Waals surface area contributed by atoms with E-state index in [1.165, 1.54) is 0 Å². The summed E-state index contributed by atoms with van der Waals surface area (Å²) in [4.78, 5) is 2.35. The second-order valence-corrected chi connectivity index (χ2v) is 6.00. The van der Waals surface area contributed by atoms with Crippen LogP contribution in [0.1, 0.15) is 0 Å². The van der Waals surface area contributed by atoms with Crippen molar-refractivity contribution in [3.63, 3.8) is 0 Å². The molecular weight excluding hydrogens is 222 g/mol. The van der Waals surface area contributed by atoms with Crippen molar-refractivity contribution >= 4 is 36.2 Å². The summed E-state index contributed by atoms with van der Waals surface area (Å²) in [7, 11) is 0. The molecule has 0 aliphatic carbocycles.